The molecule has 0 aliphatic rings. The van der Waals surface area contributed by atoms with Crippen LogP contribution in [0.5, 0.6) is 5.88 Å². The fourth-order valence-electron chi connectivity index (χ4n) is 1.37. The zero-order valence-corrected chi connectivity index (χ0v) is 10.9. The van der Waals surface area contributed by atoms with Crippen LogP contribution >= 0.6 is 0 Å². The molecule has 1 heterocycles. The summed E-state index contributed by atoms with van der Waals surface area (Å²) >= 11 is 0. The minimum atomic E-state index is -0.902. The van der Waals surface area contributed by atoms with Crippen LogP contribution in [0.2, 0.25) is 0 Å². The van der Waals surface area contributed by atoms with Gasteiger partial charge in [-0.25, -0.2) is 4.98 Å². The molecular weight excluding hydrogens is 236 g/mol. The van der Waals surface area contributed by atoms with Crippen LogP contribution in [0, 0.1) is 0 Å². The van der Waals surface area contributed by atoms with Gasteiger partial charge in [-0.3, -0.25) is 0 Å². The van der Waals surface area contributed by atoms with E-state index < -0.39 is 5.60 Å². The number of hydrogen-bond donors (Lipinski definition) is 3. The molecule has 102 valence electrons. The molecule has 1 aromatic heterocycles. The SMILES string of the molecule is COCCC(C)(O)CNc1ncnc(OC)c1N. The first-order valence-electron chi connectivity index (χ1n) is 5.60. The maximum atomic E-state index is 10.1. The van der Waals surface area contributed by atoms with Gasteiger partial charge in [0.1, 0.15) is 12.0 Å². The lowest BCUT2D eigenvalue weighted by molar-refractivity contribution is 0.0357. The number of aliphatic hydroxyl groups is 1. The molecule has 1 aromatic rings. The average Bonchev–Trinajstić information content (AvgIpc) is 2.35. The molecule has 7 nitrogen and oxygen atoms in total. The zero-order valence-electron chi connectivity index (χ0n) is 10.9. The van der Waals surface area contributed by atoms with Gasteiger partial charge in [0.2, 0.25) is 5.88 Å². The van der Waals surface area contributed by atoms with Crippen molar-refractivity contribution in [2.45, 2.75) is 18.9 Å². The molecule has 0 amide bonds. The molecule has 0 aromatic carbocycles. The van der Waals surface area contributed by atoms with Gasteiger partial charge < -0.3 is 25.6 Å². The number of anilines is 2. The molecule has 1 atom stereocenters. The van der Waals surface area contributed by atoms with Crippen molar-refractivity contribution in [3.63, 3.8) is 0 Å². The highest BCUT2D eigenvalue weighted by atomic mass is 16.5. The molecule has 0 saturated carbocycles. The number of methoxy groups -OCH3 is 2. The Morgan fingerprint density at radius 3 is 2.78 bits per heavy atom. The number of nitrogens with one attached hydrogen (secondary N) is 1. The Labute approximate surface area is 106 Å². The van der Waals surface area contributed by atoms with Gasteiger partial charge in [0, 0.05) is 26.7 Å². The Bertz CT molecular complexity index is 385. The Morgan fingerprint density at radius 1 is 1.44 bits per heavy atom. The number of ether oxygens (including phenoxy) is 2. The van der Waals surface area contributed by atoms with Crippen LogP contribution in [-0.4, -0.2) is 48.0 Å². The van der Waals surface area contributed by atoms with Gasteiger partial charge >= 0.3 is 0 Å². The maximum absolute atomic E-state index is 10.1. The molecule has 0 aliphatic carbocycles. The van der Waals surface area contributed by atoms with Crippen LogP contribution in [0.15, 0.2) is 6.33 Å². The van der Waals surface area contributed by atoms with Crippen LogP contribution < -0.4 is 15.8 Å². The highest BCUT2D eigenvalue weighted by molar-refractivity contribution is 5.66. The van der Waals surface area contributed by atoms with Crippen molar-refractivity contribution in [3.05, 3.63) is 6.33 Å². The Kier molecular flexibility index (Phi) is 5.11. The third kappa shape index (κ3) is 4.01. The monoisotopic (exact) mass is 256 g/mol. The molecule has 18 heavy (non-hydrogen) atoms. The Balaban J connectivity index is 2.63. The third-order valence-corrected chi connectivity index (χ3v) is 2.52. The summed E-state index contributed by atoms with van der Waals surface area (Å²) in [7, 11) is 3.08. The Hall–Kier alpha value is -1.60. The van der Waals surface area contributed by atoms with Crippen molar-refractivity contribution in [2.75, 3.05) is 38.4 Å². The van der Waals surface area contributed by atoms with Crippen molar-refractivity contribution in [3.8, 4) is 5.88 Å². The lowest BCUT2D eigenvalue weighted by Gasteiger charge is -2.23. The first kappa shape index (κ1) is 14.5. The van der Waals surface area contributed by atoms with E-state index in [-0.39, 0.29) is 0 Å². The van der Waals surface area contributed by atoms with Crippen LogP contribution in [-0.2, 0) is 4.74 Å². The molecule has 0 bridgehead atoms. The molecule has 0 fully saturated rings. The number of nitrogens with zero attached hydrogens (tertiary/aromatic N) is 2. The van der Waals surface area contributed by atoms with E-state index in [1.807, 2.05) is 0 Å². The lowest BCUT2D eigenvalue weighted by Crippen LogP contribution is -2.35. The van der Waals surface area contributed by atoms with Crippen molar-refractivity contribution in [1.82, 2.24) is 9.97 Å². The number of hydrogen-bond acceptors (Lipinski definition) is 7. The molecule has 0 aliphatic heterocycles. The maximum Gasteiger partial charge on any atom is 0.242 e. The van der Waals surface area contributed by atoms with Gasteiger partial charge in [-0.05, 0) is 6.92 Å². The molecule has 4 N–H and O–H groups in total. The molecule has 0 radical (unpaired) electrons. The minimum Gasteiger partial charge on any atom is -0.479 e. The normalized spacial score (nSPS) is 14.0. The first-order chi connectivity index (χ1) is 8.50. The van der Waals surface area contributed by atoms with E-state index in [2.05, 4.69) is 15.3 Å². The van der Waals surface area contributed by atoms with Crippen molar-refractivity contribution in [1.29, 1.82) is 0 Å². The smallest absolute Gasteiger partial charge is 0.242 e. The van der Waals surface area contributed by atoms with Crippen LogP contribution in [0.3, 0.4) is 0 Å². The summed E-state index contributed by atoms with van der Waals surface area (Å²) < 4.78 is 9.92. The molecule has 7 heteroatoms. The van der Waals surface area contributed by atoms with Gasteiger partial charge in [0.25, 0.3) is 0 Å². The van der Waals surface area contributed by atoms with E-state index in [9.17, 15) is 5.11 Å². The van der Waals surface area contributed by atoms with Crippen molar-refractivity contribution >= 4 is 11.5 Å². The highest BCUT2D eigenvalue weighted by Gasteiger charge is 2.20. The summed E-state index contributed by atoms with van der Waals surface area (Å²) in [6, 6.07) is 0. The van der Waals surface area contributed by atoms with E-state index in [1.54, 1.807) is 14.0 Å². The van der Waals surface area contributed by atoms with E-state index in [1.165, 1.54) is 13.4 Å². The quantitative estimate of drug-likeness (QED) is 0.643. The fourth-order valence-corrected chi connectivity index (χ4v) is 1.37. The van der Waals surface area contributed by atoms with Crippen LogP contribution in [0.25, 0.3) is 0 Å². The predicted molar refractivity (Wildman–Crippen MR) is 68.6 cm³/mol. The lowest BCUT2D eigenvalue weighted by atomic mass is 10.0. The molecule has 0 spiro atoms. The van der Waals surface area contributed by atoms with Gasteiger partial charge in [0.05, 0.1) is 12.7 Å². The van der Waals surface area contributed by atoms with E-state index in [0.717, 1.165) is 0 Å². The second-order valence-corrected chi connectivity index (χ2v) is 4.24. The average molecular weight is 256 g/mol. The Morgan fingerprint density at radius 2 is 2.17 bits per heavy atom. The van der Waals surface area contributed by atoms with E-state index in [4.69, 9.17) is 15.2 Å². The minimum absolute atomic E-state index is 0.306. The highest BCUT2D eigenvalue weighted by Crippen LogP contribution is 2.24. The summed E-state index contributed by atoms with van der Waals surface area (Å²) in [6.45, 7) is 2.51. The summed E-state index contributed by atoms with van der Waals surface area (Å²) in [6.07, 6.45) is 1.86. The largest absolute Gasteiger partial charge is 0.479 e. The second-order valence-electron chi connectivity index (χ2n) is 4.24. The van der Waals surface area contributed by atoms with Crippen molar-refractivity contribution < 1.29 is 14.6 Å². The summed E-state index contributed by atoms with van der Waals surface area (Å²) in [5.41, 5.74) is 5.22. The van der Waals surface area contributed by atoms with Crippen LogP contribution in [0.1, 0.15) is 13.3 Å². The number of rotatable bonds is 7. The number of nitrogens with two attached hydrogens (primary N) is 1. The van der Waals surface area contributed by atoms with Crippen LogP contribution in [0.4, 0.5) is 11.5 Å². The molecule has 1 unspecified atom stereocenters. The zero-order chi connectivity index (χ0) is 13.6. The topological polar surface area (TPSA) is 103 Å². The molecule has 1 rings (SSSR count). The van der Waals surface area contributed by atoms with Gasteiger partial charge in [-0.15, -0.1) is 0 Å². The second kappa shape index (κ2) is 6.36. The summed E-state index contributed by atoms with van der Waals surface area (Å²) in [5, 5.41) is 13.0. The van der Waals surface area contributed by atoms with E-state index >= 15 is 0 Å². The standard InChI is InChI=1S/C11H20N4O3/c1-11(16,4-5-17-2)6-13-9-8(12)10(18-3)15-7-14-9/h7,16H,4-6,12H2,1-3H3,(H,13,14,15). The van der Waals surface area contributed by atoms with E-state index in [0.29, 0.717) is 37.0 Å². The van der Waals surface area contributed by atoms with Gasteiger partial charge in [-0.1, -0.05) is 0 Å². The number of aromatic nitrogens is 2. The van der Waals surface area contributed by atoms with Crippen molar-refractivity contribution in [2.24, 2.45) is 0 Å². The number of nitrogen functional groups attached to an aromatic ring is 1. The summed E-state index contributed by atoms with van der Waals surface area (Å²) in [4.78, 5) is 7.87. The molecule has 0 saturated heterocycles. The fraction of sp³-hybridized carbons (Fsp3) is 0.636. The molecular formula is C11H20N4O3. The third-order valence-electron chi connectivity index (χ3n) is 2.52. The first-order valence-corrected chi connectivity index (χ1v) is 5.60. The predicted octanol–water partition coefficient (Wildman–Crippen LogP) is 0.267. The van der Waals surface area contributed by atoms with Gasteiger partial charge in [-0.2, -0.15) is 4.98 Å². The summed E-state index contributed by atoms with van der Waals surface area (Å²) in [5.74, 6) is 0.753. The van der Waals surface area contributed by atoms with Gasteiger partial charge in [0.15, 0.2) is 5.82 Å².